The number of nitrogens with zero attached hydrogens (tertiary/aromatic N) is 3. The summed E-state index contributed by atoms with van der Waals surface area (Å²) in [4.78, 5) is 47.3. The first-order valence-electron chi connectivity index (χ1n) is 9.48. The molecule has 32 heavy (non-hydrogen) atoms. The number of alkyl halides is 2. The van der Waals surface area contributed by atoms with E-state index in [0.717, 1.165) is 15.0 Å². The lowest BCUT2D eigenvalue weighted by atomic mass is 10.1. The van der Waals surface area contributed by atoms with Crippen LogP contribution in [0.4, 0.5) is 20.3 Å². The van der Waals surface area contributed by atoms with Gasteiger partial charge in [0.1, 0.15) is 5.82 Å². The minimum absolute atomic E-state index is 0.0911. The number of carbonyl (C=O) groups excluding carboxylic acids is 1. The summed E-state index contributed by atoms with van der Waals surface area (Å²) in [5, 5.41) is 0. The number of hydrogen-bond acceptors (Lipinski definition) is 5. The van der Waals surface area contributed by atoms with E-state index in [2.05, 4.69) is 15.0 Å². The molecule has 4 N–H and O–H groups in total. The van der Waals surface area contributed by atoms with E-state index in [4.69, 9.17) is 5.73 Å². The number of anilines is 2. The molecule has 0 aliphatic heterocycles. The predicted molar refractivity (Wildman–Crippen MR) is 115 cm³/mol. The number of rotatable bonds is 5. The number of amides is 1. The van der Waals surface area contributed by atoms with Crippen molar-refractivity contribution in [2.24, 2.45) is 0 Å². The number of imidazole rings is 1. The van der Waals surface area contributed by atoms with Crippen LogP contribution in [0.25, 0.3) is 11.0 Å². The van der Waals surface area contributed by atoms with Gasteiger partial charge >= 0.3 is 5.69 Å². The zero-order valence-electron chi connectivity index (χ0n) is 16.8. The molecule has 0 aliphatic rings. The van der Waals surface area contributed by atoms with Gasteiger partial charge in [0, 0.05) is 12.6 Å². The summed E-state index contributed by atoms with van der Waals surface area (Å²) < 4.78 is 26.9. The lowest BCUT2D eigenvalue weighted by Crippen LogP contribution is -2.39. The zero-order chi connectivity index (χ0) is 23.0. The fourth-order valence-electron chi connectivity index (χ4n) is 3.39. The molecule has 0 radical (unpaired) electrons. The van der Waals surface area contributed by atoms with Crippen LogP contribution in [0.5, 0.6) is 0 Å². The van der Waals surface area contributed by atoms with Crippen molar-refractivity contribution in [3.63, 3.8) is 0 Å². The molecule has 0 saturated carbocycles. The van der Waals surface area contributed by atoms with E-state index in [1.807, 2.05) is 6.07 Å². The molecule has 0 aliphatic carbocycles. The van der Waals surface area contributed by atoms with Crippen molar-refractivity contribution in [1.29, 1.82) is 0 Å². The minimum atomic E-state index is -2.78. The van der Waals surface area contributed by atoms with Gasteiger partial charge in [-0.05, 0) is 23.8 Å². The van der Waals surface area contributed by atoms with Gasteiger partial charge in [0.15, 0.2) is 11.5 Å². The van der Waals surface area contributed by atoms with E-state index < -0.39 is 29.4 Å². The third-order valence-electron chi connectivity index (χ3n) is 4.99. The van der Waals surface area contributed by atoms with Gasteiger partial charge < -0.3 is 15.6 Å². The molecule has 9 nitrogen and oxygen atoms in total. The van der Waals surface area contributed by atoms with Crippen molar-refractivity contribution in [2.75, 3.05) is 17.7 Å². The quantitative estimate of drug-likeness (QED) is 0.438. The van der Waals surface area contributed by atoms with Crippen molar-refractivity contribution >= 4 is 28.4 Å². The zero-order valence-corrected chi connectivity index (χ0v) is 16.8. The fourth-order valence-corrected chi connectivity index (χ4v) is 3.39. The smallest absolute Gasteiger partial charge is 0.330 e. The number of halogens is 2. The van der Waals surface area contributed by atoms with Crippen LogP contribution in [0, 0.1) is 0 Å². The summed E-state index contributed by atoms with van der Waals surface area (Å²) in [6.07, 6.45) is -2.78. The lowest BCUT2D eigenvalue weighted by Gasteiger charge is -2.20. The van der Waals surface area contributed by atoms with Crippen molar-refractivity contribution < 1.29 is 13.6 Å². The number of nitrogen functional groups attached to an aromatic ring is 1. The first-order chi connectivity index (χ1) is 15.3. The molecule has 0 bridgehead atoms. The van der Waals surface area contributed by atoms with E-state index in [1.54, 1.807) is 24.3 Å². The van der Waals surface area contributed by atoms with Gasteiger partial charge in [-0.2, -0.15) is 0 Å². The number of aromatic amines is 2. The van der Waals surface area contributed by atoms with Crippen molar-refractivity contribution in [3.8, 4) is 0 Å². The Bertz CT molecular complexity index is 1430. The number of benzene rings is 2. The van der Waals surface area contributed by atoms with Crippen LogP contribution in [-0.4, -0.2) is 32.5 Å². The first kappa shape index (κ1) is 21.0. The van der Waals surface area contributed by atoms with Gasteiger partial charge in [-0.25, -0.2) is 18.6 Å². The average molecular weight is 440 g/mol. The molecule has 2 heterocycles. The second kappa shape index (κ2) is 8.10. The normalized spacial score (nSPS) is 11.2. The summed E-state index contributed by atoms with van der Waals surface area (Å²) in [5.41, 5.74) is 5.79. The number of aromatic nitrogens is 4. The molecule has 2 aromatic heterocycles. The standard InChI is InChI=1S/C21H18F2N6O3/c1-28(20(31)12-7-8-13-14(9-12)26-18(25-13)16(22)23)15-17(24)29(21(32)27-19(15)30)10-11-5-3-2-4-6-11/h2-9,16H,10,24H2,1H3,(H,25,26)(H,27,30,32). The molecule has 11 heteroatoms. The minimum Gasteiger partial charge on any atom is -0.383 e. The molecule has 4 rings (SSSR count). The first-order valence-corrected chi connectivity index (χ1v) is 9.48. The molecule has 4 aromatic rings. The Morgan fingerprint density at radius 2 is 1.88 bits per heavy atom. The maximum absolute atomic E-state index is 13.0. The molecule has 0 unspecified atom stereocenters. The number of hydrogen-bond donors (Lipinski definition) is 3. The van der Waals surface area contributed by atoms with Gasteiger partial charge in [0.05, 0.1) is 17.6 Å². The van der Waals surface area contributed by atoms with E-state index in [0.29, 0.717) is 0 Å². The predicted octanol–water partition coefficient (Wildman–Crippen LogP) is 2.26. The Morgan fingerprint density at radius 1 is 1.16 bits per heavy atom. The highest BCUT2D eigenvalue weighted by atomic mass is 19.3. The Labute approximate surface area is 179 Å². The Morgan fingerprint density at radius 3 is 2.56 bits per heavy atom. The van der Waals surface area contributed by atoms with Gasteiger partial charge in [-0.1, -0.05) is 30.3 Å². The van der Waals surface area contributed by atoms with Crippen LogP contribution < -0.4 is 21.9 Å². The van der Waals surface area contributed by atoms with Gasteiger partial charge in [-0.15, -0.1) is 0 Å². The number of nitrogens with one attached hydrogen (secondary N) is 2. The SMILES string of the molecule is CN(C(=O)c1ccc2nc(C(F)F)[nH]c2c1)c1c(N)n(Cc2ccccc2)c(=O)[nH]c1=O. The van der Waals surface area contributed by atoms with Gasteiger partial charge in [0.2, 0.25) is 0 Å². The van der Waals surface area contributed by atoms with E-state index in [-0.39, 0.29) is 34.6 Å². The highest BCUT2D eigenvalue weighted by Crippen LogP contribution is 2.23. The Hall–Kier alpha value is -4.28. The summed E-state index contributed by atoms with van der Waals surface area (Å²) in [6.45, 7) is 0.0911. The Balaban J connectivity index is 1.72. The van der Waals surface area contributed by atoms with E-state index >= 15 is 0 Å². The average Bonchev–Trinajstić information content (AvgIpc) is 3.20. The topological polar surface area (TPSA) is 130 Å². The van der Waals surface area contributed by atoms with Crippen molar-refractivity contribution in [2.45, 2.75) is 13.0 Å². The van der Waals surface area contributed by atoms with Crippen LogP contribution in [-0.2, 0) is 6.54 Å². The van der Waals surface area contributed by atoms with E-state index in [1.165, 1.54) is 25.2 Å². The summed E-state index contributed by atoms with van der Waals surface area (Å²) >= 11 is 0. The molecule has 1 amide bonds. The van der Waals surface area contributed by atoms with Crippen molar-refractivity contribution in [1.82, 2.24) is 19.5 Å². The molecular formula is C21H18F2N6O3. The number of fused-ring (bicyclic) bond motifs is 1. The molecule has 0 spiro atoms. The van der Waals surface area contributed by atoms with Crippen LogP contribution in [0.2, 0.25) is 0 Å². The largest absolute Gasteiger partial charge is 0.383 e. The summed E-state index contributed by atoms with van der Waals surface area (Å²) in [7, 11) is 1.34. The Kier molecular flexibility index (Phi) is 5.31. The third kappa shape index (κ3) is 3.75. The van der Waals surface area contributed by atoms with Crippen LogP contribution in [0.15, 0.2) is 58.1 Å². The summed E-state index contributed by atoms with van der Waals surface area (Å²) in [6, 6.07) is 13.2. The maximum atomic E-state index is 13.0. The lowest BCUT2D eigenvalue weighted by molar-refractivity contribution is 0.0992. The van der Waals surface area contributed by atoms with Gasteiger partial charge in [0.25, 0.3) is 17.9 Å². The second-order valence-electron chi connectivity index (χ2n) is 7.08. The monoisotopic (exact) mass is 440 g/mol. The molecule has 0 saturated heterocycles. The fraction of sp³-hybridized carbons (Fsp3) is 0.143. The van der Waals surface area contributed by atoms with Crippen LogP contribution in [0.3, 0.4) is 0 Å². The van der Waals surface area contributed by atoms with E-state index in [9.17, 15) is 23.2 Å². The molecular weight excluding hydrogens is 422 g/mol. The van der Waals surface area contributed by atoms with Crippen LogP contribution in [0.1, 0.15) is 28.2 Å². The molecule has 0 fully saturated rings. The maximum Gasteiger partial charge on any atom is 0.330 e. The van der Waals surface area contributed by atoms with Crippen LogP contribution >= 0.6 is 0 Å². The number of nitrogens with two attached hydrogens (primary N) is 1. The number of carbonyl (C=O) groups is 1. The van der Waals surface area contributed by atoms with Crippen molar-refractivity contribution in [3.05, 3.63) is 86.3 Å². The molecule has 164 valence electrons. The highest BCUT2D eigenvalue weighted by Gasteiger charge is 2.23. The highest BCUT2D eigenvalue weighted by molar-refractivity contribution is 6.08. The second-order valence-corrected chi connectivity index (χ2v) is 7.08. The third-order valence-corrected chi connectivity index (χ3v) is 4.99. The van der Waals surface area contributed by atoms with Gasteiger partial charge in [-0.3, -0.25) is 19.1 Å². The molecule has 2 aromatic carbocycles. The molecule has 0 atom stereocenters. The number of H-pyrrole nitrogens is 2. The summed E-state index contributed by atoms with van der Waals surface area (Å²) in [5.74, 6) is -1.31.